The van der Waals surface area contributed by atoms with Gasteiger partial charge in [0.15, 0.2) is 6.10 Å². The molecule has 0 aliphatic carbocycles. The van der Waals surface area contributed by atoms with Gasteiger partial charge < -0.3 is 14.8 Å². The number of benzene rings is 2. The molecule has 0 bridgehead atoms. The molecule has 0 saturated heterocycles. The van der Waals surface area contributed by atoms with Crippen LogP contribution >= 0.6 is 0 Å². The number of nitrogens with one attached hydrogen (secondary N) is 1. The predicted octanol–water partition coefficient (Wildman–Crippen LogP) is 4.64. The zero-order valence-corrected chi connectivity index (χ0v) is 16.5. The number of hydrogen-bond acceptors (Lipinski definition) is 3. The maximum absolute atomic E-state index is 12.4. The molecule has 0 unspecified atom stereocenters. The third-order valence-corrected chi connectivity index (χ3v) is 4.38. The van der Waals surface area contributed by atoms with E-state index in [-0.39, 0.29) is 17.4 Å². The monoisotopic (exact) mass is 355 g/mol. The van der Waals surface area contributed by atoms with Gasteiger partial charge in [0.05, 0.1) is 13.2 Å². The Morgan fingerprint density at radius 2 is 1.46 bits per heavy atom. The lowest BCUT2D eigenvalue weighted by Gasteiger charge is -2.21. The van der Waals surface area contributed by atoms with Gasteiger partial charge in [-0.05, 0) is 54.7 Å². The summed E-state index contributed by atoms with van der Waals surface area (Å²) in [6, 6.07) is 15.5. The SMILES string of the molecule is COc1ccc([C@H](C)NC(=O)[C@H](C)Oc2ccc(C(C)(C)C)cc2)cc1. The van der Waals surface area contributed by atoms with Crippen molar-refractivity contribution in [1.29, 1.82) is 0 Å². The molecule has 2 rings (SSSR count). The van der Waals surface area contributed by atoms with Crippen LogP contribution < -0.4 is 14.8 Å². The lowest BCUT2D eigenvalue weighted by molar-refractivity contribution is -0.127. The molecule has 2 atom stereocenters. The topological polar surface area (TPSA) is 47.6 Å². The number of amides is 1. The Morgan fingerprint density at radius 1 is 0.923 bits per heavy atom. The molecule has 2 aromatic carbocycles. The van der Waals surface area contributed by atoms with Gasteiger partial charge in [-0.15, -0.1) is 0 Å². The first kappa shape index (κ1) is 19.8. The fraction of sp³-hybridized carbons (Fsp3) is 0.409. The van der Waals surface area contributed by atoms with Crippen molar-refractivity contribution >= 4 is 5.91 Å². The van der Waals surface area contributed by atoms with Crippen LogP contribution in [0.5, 0.6) is 11.5 Å². The summed E-state index contributed by atoms with van der Waals surface area (Å²) < 4.78 is 10.9. The lowest BCUT2D eigenvalue weighted by Crippen LogP contribution is -2.37. The van der Waals surface area contributed by atoms with Crippen LogP contribution in [0.15, 0.2) is 48.5 Å². The van der Waals surface area contributed by atoms with Crippen molar-refractivity contribution in [3.05, 3.63) is 59.7 Å². The van der Waals surface area contributed by atoms with E-state index in [4.69, 9.17) is 9.47 Å². The van der Waals surface area contributed by atoms with E-state index in [0.717, 1.165) is 11.3 Å². The predicted molar refractivity (Wildman–Crippen MR) is 105 cm³/mol. The summed E-state index contributed by atoms with van der Waals surface area (Å²) in [6.45, 7) is 10.2. The highest BCUT2D eigenvalue weighted by molar-refractivity contribution is 5.81. The molecule has 0 aromatic heterocycles. The highest BCUT2D eigenvalue weighted by Gasteiger charge is 2.18. The number of ether oxygens (including phenoxy) is 2. The van der Waals surface area contributed by atoms with E-state index in [9.17, 15) is 4.79 Å². The third kappa shape index (κ3) is 5.25. The number of methoxy groups -OCH3 is 1. The maximum atomic E-state index is 12.4. The van der Waals surface area contributed by atoms with Gasteiger partial charge in [-0.2, -0.15) is 0 Å². The van der Waals surface area contributed by atoms with Gasteiger partial charge in [-0.3, -0.25) is 4.79 Å². The van der Waals surface area contributed by atoms with Crippen molar-refractivity contribution in [3.8, 4) is 11.5 Å². The van der Waals surface area contributed by atoms with Crippen LogP contribution in [0.3, 0.4) is 0 Å². The molecule has 26 heavy (non-hydrogen) atoms. The second-order valence-corrected chi connectivity index (χ2v) is 7.54. The Labute approximate surface area is 156 Å². The minimum atomic E-state index is -0.573. The van der Waals surface area contributed by atoms with Crippen molar-refractivity contribution in [1.82, 2.24) is 5.32 Å². The highest BCUT2D eigenvalue weighted by atomic mass is 16.5. The standard InChI is InChI=1S/C22H29NO3/c1-15(17-7-11-19(25-6)12-8-17)23-21(24)16(2)26-20-13-9-18(10-14-20)22(3,4)5/h7-16H,1-6H3,(H,23,24)/t15-,16-/m0/s1. The van der Waals surface area contributed by atoms with E-state index in [1.54, 1.807) is 14.0 Å². The first-order valence-electron chi connectivity index (χ1n) is 8.92. The van der Waals surface area contributed by atoms with Crippen molar-refractivity contribution in [2.75, 3.05) is 7.11 Å². The van der Waals surface area contributed by atoms with Crippen LogP contribution in [0.25, 0.3) is 0 Å². The summed E-state index contributed by atoms with van der Waals surface area (Å²) in [4.78, 5) is 12.4. The Balaban J connectivity index is 1.94. The number of carbonyl (C=O) groups is 1. The highest BCUT2D eigenvalue weighted by Crippen LogP contribution is 2.25. The molecule has 0 heterocycles. The average Bonchev–Trinajstić information content (AvgIpc) is 2.61. The van der Waals surface area contributed by atoms with Gasteiger partial charge in [0.2, 0.25) is 0 Å². The molecule has 4 heteroatoms. The van der Waals surface area contributed by atoms with Crippen LogP contribution in [0.2, 0.25) is 0 Å². The molecular formula is C22H29NO3. The van der Waals surface area contributed by atoms with E-state index in [1.165, 1.54) is 5.56 Å². The fourth-order valence-corrected chi connectivity index (χ4v) is 2.60. The molecule has 4 nitrogen and oxygen atoms in total. The summed E-state index contributed by atoms with van der Waals surface area (Å²) in [5.74, 6) is 1.34. The zero-order chi connectivity index (χ0) is 19.3. The average molecular weight is 355 g/mol. The van der Waals surface area contributed by atoms with Crippen LogP contribution in [0.4, 0.5) is 0 Å². The Morgan fingerprint density at radius 3 is 1.96 bits per heavy atom. The molecular weight excluding hydrogens is 326 g/mol. The summed E-state index contributed by atoms with van der Waals surface area (Å²) in [5, 5.41) is 2.98. The smallest absolute Gasteiger partial charge is 0.261 e. The molecule has 1 amide bonds. The summed E-state index contributed by atoms with van der Waals surface area (Å²) in [7, 11) is 1.63. The van der Waals surface area contributed by atoms with Crippen molar-refractivity contribution < 1.29 is 14.3 Å². The van der Waals surface area contributed by atoms with E-state index in [1.807, 2.05) is 55.5 Å². The van der Waals surface area contributed by atoms with E-state index in [2.05, 4.69) is 26.1 Å². The van der Waals surface area contributed by atoms with Crippen molar-refractivity contribution in [2.45, 2.75) is 52.2 Å². The first-order valence-corrected chi connectivity index (χ1v) is 8.92. The number of hydrogen-bond donors (Lipinski definition) is 1. The molecule has 0 aliphatic heterocycles. The quantitative estimate of drug-likeness (QED) is 0.821. The van der Waals surface area contributed by atoms with Gasteiger partial charge in [-0.25, -0.2) is 0 Å². The second kappa shape index (κ2) is 8.26. The van der Waals surface area contributed by atoms with Gasteiger partial charge in [0, 0.05) is 0 Å². The van der Waals surface area contributed by atoms with Crippen LogP contribution in [-0.4, -0.2) is 19.1 Å². The van der Waals surface area contributed by atoms with E-state index < -0.39 is 6.10 Å². The lowest BCUT2D eigenvalue weighted by atomic mass is 9.87. The third-order valence-electron chi connectivity index (χ3n) is 4.38. The molecule has 0 radical (unpaired) electrons. The van der Waals surface area contributed by atoms with E-state index in [0.29, 0.717) is 5.75 Å². The summed E-state index contributed by atoms with van der Waals surface area (Å²) in [5.41, 5.74) is 2.34. The minimum absolute atomic E-state index is 0.0926. The normalized spacial score (nSPS) is 13.6. The van der Waals surface area contributed by atoms with Crippen LogP contribution in [0, 0.1) is 0 Å². The maximum Gasteiger partial charge on any atom is 0.261 e. The second-order valence-electron chi connectivity index (χ2n) is 7.54. The van der Waals surface area contributed by atoms with E-state index >= 15 is 0 Å². The largest absolute Gasteiger partial charge is 0.497 e. The van der Waals surface area contributed by atoms with Crippen LogP contribution in [0.1, 0.15) is 51.8 Å². The molecule has 1 N–H and O–H groups in total. The molecule has 2 aromatic rings. The van der Waals surface area contributed by atoms with Crippen LogP contribution in [-0.2, 0) is 10.2 Å². The fourth-order valence-electron chi connectivity index (χ4n) is 2.60. The van der Waals surface area contributed by atoms with Gasteiger partial charge in [-0.1, -0.05) is 45.0 Å². The van der Waals surface area contributed by atoms with Gasteiger partial charge >= 0.3 is 0 Å². The molecule has 0 spiro atoms. The first-order chi connectivity index (χ1) is 12.2. The number of rotatable bonds is 6. The summed E-state index contributed by atoms with van der Waals surface area (Å²) in [6.07, 6.45) is -0.573. The summed E-state index contributed by atoms with van der Waals surface area (Å²) >= 11 is 0. The van der Waals surface area contributed by atoms with Crippen molar-refractivity contribution in [3.63, 3.8) is 0 Å². The Hall–Kier alpha value is -2.49. The van der Waals surface area contributed by atoms with Crippen molar-refractivity contribution in [2.24, 2.45) is 0 Å². The number of carbonyl (C=O) groups excluding carboxylic acids is 1. The van der Waals surface area contributed by atoms with Gasteiger partial charge in [0.25, 0.3) is 5.91 Å². The molecule has 0 fully saturated rings. The zero-order valence-electron chi connectivity index (χ0n) is 16.5. The molecule has 0 aliphatic rings. The van der Waals surface area contributed by atoms with Gasteiger partial charge in [0.1, 0.15) is 11.5 Å². The molecule has 140 valence electrons. The Bertz CT molecular complexity index is 715. The minimum Gasteiger partial charge on any atom is -0.497 e. The Kier molecular flexibility index (Phi) is 6.30. The molecule has 0 saturated carbocycles.